The zero-order chi connectivity index (χ0) is 4.71. The summed E-state index contributed by atoms with van der Waals surface area (Å²) in [6.45, 7) is 0. The van der Waals surface area contributed by atoms with E-state index in [9.17, 15) is 0 Å². The molecule has 1 nitrogen and oxygen atoms in total. The maximum absolute atomic E-state index is 4.64. The van der Waals surface area contributed by atoms with E-state index in [1.165, 1.54) is 0 Å². The second kappa shape index (κ2) is 51.1. The van der Waals surface area contributed by atoms with Crippen LogP contribution in [-0.2, 0) is 24.7 Å². The van der Waals surface area contributed by atoms with Gasteiger partial charge in [0.1, 0.15) is 0 Å². The summed E-state index contributed by atoms with van der Waals surface area (Å²) in [4.78, 5) is 0. The topological polar surface area (TPSA) is 26.0 Å². The molecule has 0 heterocycles. The van der Waals surface area contributed by atoms with Crippen molar-refractivity contribution in [1.29, 1.82) is 0 Å². The molecule has 0 amide bonds. The van der Waals surface area contributed by atoms with E-state index in [0.717, 1.165) is 24.7 Å². The number of hydrogen-bond donors (Lipinski definition) is 1. The van der Waals surface area contributed by atoms with Crippen molar-refractivity contribution in [1.82, 2.24) is 0 Å². The molecule has 2 N–H and O–H groups in total. The maximum atomic E-state index is 4.64. The number of halogens is 4. The van der Waals surface area contributed by atoms with E-state index < -0.39 is 0 Å². The number of nitrogens with two attached hydrogens (primary N) is 1. The van der Waals surface area contributed by atoms with Gasteiger partial charge in [0.15, 0.2) is 0 Å². The fraction of sp³-hybridized carbons (Fsp3) is 1.00. The van der Waals surface area contributed by atoms with Gasteiger partial charge < -0.3 is 50.1 Å². The Hall–Kier alpha value is 2.95. The quantitative estimate of drug-likeness (QED) is 0.388. The van der Waals surface area contributed by atoms with Gasteiger partial charge in [0.05, 0.1) is 0 Å². The molecular formula is CH5BrCl3HfMgN. The third kappa shape index (κ3) is 65.1. The first-order valence-electron chi connectivity index (χ1n) is 1.26. The summed E-state index contributed by atoms with van der Waals surface area (Å²) in [5, 5.41) is 2.18. The van der Waals surface area contributed by atoms with Gasteiger partial charge in [-0.15, -0.1) is 5.05 Å². The second-order valence-electron chi connectivity index (χ2n) is 0.267. The molecule has 0 rings (SSSR count). The molecule has 0 radical (unpaired) electrons. The first-order valence-corrected chi connectivity index (χ1v) is 8.65. The molecule has 0 saturated heterocycles. The van der Waals surface area contributed by atoms with Crippen molar-refractivity contribution < 1.29 is 61.9 Å². The molecule has 0 aromatic heterocycles. The van der Waals surface area contributed by atoms with Crippen molar-refractivity contribution in [2.24, 2.45) is 3.72 Å². The Balaban J connectivity index is -0.00000000567. The monoisotopic (exact) mass is 419 g/mol. The van der Waals surface area contributed by atoms with E-state index in [4.69, 9.17) is 0 Å². The van der Waals surface area contributed by atoms with Gasteiger partial charge in [0.25, 0.3) is 0 Å². The molecule has 0 aromatic carbocycles. The number of hydrogen-bond acceptors (Lipinski definition) is 1. The van der Waals surface area contributed by atoms with Crippen molar-refractivity contribution in [3.8, 4) is 0 Å². The SMILES string of the molecule is [CH3][Mg][Br].[Cl-].[Cl-].[Cl-].[NH2][Hf+3]. The molecule has 0 unspecified atom stereocenters. The standard InChI is InChI=1S/CH3.BrH.3ClH.Hf.Mg.H2N/h1H3;4*1H;;;1H2/q;;;;;+4;+1;-1/p-4. The summed E-state index contributed by atoms with van der Waals surface area (Å²) in [7, 11) is 0. The molecule has 0 aromatic rings. The second-order valence-corrected chi connectivity index (χ2v) is 4.17. The molecule has 0 saturated carbocycles. The molecule has 8 heavy (non-hydrogen) atoms. The van der Waals surface area contributed by atoms with Crippen LogP contribution in [0.1, 0.15) is 0 Å². The predicted molar refractivity (Wildman–Crippen MR) is 24.7 cm³/mol. The molecule has 0 atom stereocenters. The third-order valence-corrected chi connectivity index (χ3v) is 0. The van der Waals surface area contributed by atoms with E-state index in [0.29, 0.717) is 0 Å². The van der Waals surface area contributed by atoms with E-state index >= 15 is 0 Å². The third-order valence-electron chi connectivity index (χ3n) is 0. The van der Waals surface area contributed by atoms with E-state index in [1.54, 1.807) is 0 Å². The normalized spacial score (nSPS) is 2.12. The van der Waals surface area contributed by atoms with Crippen LogP contribution in [-0.4, -0.2) is 18.2 Å². The van der Waals surface area contributed by atoms with Crippen LogP contribution in [0.2, 0.25) is 5.05 Å². The molecule has 0 aliphatic carbocycles. The van der Waals surface area contributed by atoms with E-state index in [-0.39, 0.29) is 55.4 Å². The fourth-order valence-electron chi connectivity index (χ4n) is 0. The van der Waals surface area contributed by atoms with Gasteiger partial charge in [-0.05, 0) is 0 Å². The first kappa shape index (κ1) is 30.6. The Bertz CT molecular complexity index is 19.2. The minimum absolute atomic E-state index is 0. The van der Waals surface area contributed by atoms with Crippen LogP contribution < -0.4 is 40.9 Å². The summed E-state index contributed by atoms with van der Waals surface area (Å²) in [6, 6.07) is 0. The van der Waals surface area contributed by atoms with Crippen molar-refractivity contribution in [2.45, 2.75) is 5.05 Å². The van der Waals surface area contributed by atoms with Gasteiger partial charge in [-0.2, -0.15) is 0 Å². The summed E-state index contributed by atoms with van der Waals surface area (Å²) in [5.41, 5.74) is 0. The Morgan fingerprint density at radius 3 is 1.25 bits per heavy atom. The average molecular weight is 420 g/mol. The van der Waals surface area contributed by atoms with Gasteiger partial charge >= 0.3 is 46.6 Å². The minimum atomic E-state index is 0. The molecule has 48 valence electrons. The van der Waals surface area contributed by atoms with Crippen molar-refractivity contribution >= 4 is 31.1 Å². The molecule has 0 bridgehead atoms. The Kier molecular flexibility index (Phi) is 196. The van der Waals surface area contributed by atoms with Gasteiger partial charge in [0.2, 0.25) is 0 Å². The molecule has 7 heteroatoms. The van der Waals surface area contributed by atoms with Gasteiger partial charge in [-0.3, -0.25) is 0 Å². The van der Waals surface area contributed by atoms with Crippen molar-refractivity contribution in [3.63, 3.8) is 0 Å². The van der Waals surface area contributed by atoms with Crippen LogP contribution in [0.3, 0.4) is 0 Å². The Labute approximate surface area is 100 Å². The van der Waals surface area contributed by atoms with Crippen molar-refractivity contribution in [3.05, 3.63) is 0 Å². The van der Waals surface area contributed by atoms with Crippen LogP contribution in [0.4, 0.5) is 0 Å². The van der Waals surface area contributed by atoms with Crippen LogP contribution in [0.5, 0.6) is 0 Å². The zero-order valence-corrected chi connectivity index (χ0v) is 13.2. The molecule has 0 spiro atoms. The van der Waals surface area contributed by atoms with Crippen LogP contribution >= 0.6 is 12.9 Å². The summed E-state index contributed by atoms with van der Waals surface area (Å²) < 4.78 is 4.64. The Morgan fingerprint density at radius 1 is 1.25 bits per heavy atom. The van der Waals surface area contributed by atoms with Gasteiger partial charge in [-0.25, -0.2) is 0 Å². The molecule has 0 aliphatic heterocycles. The zero-order valence-electron chi connectivity index (χ0n) is 4.30. The first-order chi connectivity index (χ1) is 2.41. The van der Waals surface area contributed by atoms with Crippen molar-refractivity contribution in [2.75, 3.05) is 0 Å². The van der Waals surface area contributed by atoms with Crippen LogP contribution in [0, 0.1) is 0 Å². The average Bonchev–Trinajstić information content (AvgIpc) is 1.46. The summed E-state index contributed by atoms with van der Waals surface area (Å²) >= 11 is 4.32. The van der Waals surface area contributed by atoms with Gasteiger partial charge in [0, 0.05) is 0 Å². The summed E-state index contributed by atoms with van der Waals surface area (Å²) in [5.74, 6) is 0. The molecular weight excluding hydrogens is 415 g/mol. The Morgan fingerprint density at radius 2 is 1.25 bits per heavy atom. The van der Waals surface area contributed by atoms with E-state index in [2.05, 4.69) is 21.7 Å². The van der Waals surface area contributed by atoms with E-state index in [1.807, 2.05) is 0 Å². The van der Waals surface area contributed by atoms with Crippen LogP contribution in [0.25, 0.3) is 0 Å². The fourth-order valence-corrected chi connectivity index (χ4v) is 0. The molecule has 0 aliphatic rings. The number of rotatable bonds is 0. The van der Waals surface area contributed by atoms with Crippen LogP contribution in [0.15, 0.2) is 0 Å². The van der Waals surface area contributed by atoms with Gasteiger partial charge in [-0.1, -0.05) is 0 Å². The summed E-state index contributed by atoms with van der Waals surface area (Å²) in [6.07, 6.45) is 0. The molecule has 0 fully saturated rings. The predicted octanol–water partition coefficient (Wildman–Crippen LogP) is -8.53.